The van der Waals surface area contributed by atoms with Gasteiger partial charge in [-0.05, 0) is 25.2 Å². The molecule has 1 heterocycles. The Morgan fingerprint density at radius 2 is 2.42 bits per heavy atom. The third-order valence-corrected chi connectivity index (χ3v) is 4.03. The lowest BCUT2D eigenvalue weighted by Gasteiger charge is -2.53. The summed E-state index contributed by atoms with van der Waals surface area (Å²) in [5.74, 6) is 1.49. The molecule has 0 unspecified atom stereocenters. The lowest BCUT2D eigenvalue weighted by Crippen LogP contribution is -2.60. The number of Topliss-reactive ketones (excluding diaryl/α,β-unsaturated/α-hetero) is 1. The number of ether oxygens (including phenoxy) is 1. The number of carbonyl (C=O) groups excluding carboxylic acids is 1. The highest BCUT2D eigenvalue weighted by molar-refractivity contribution is 5.84. The second-order valence-corrected chi connectivity index (χ2v) is 4.40. The van der Waals surface area contributed by atoms with E-state index in [0.717, 1.165) is 18.8 Å². The van der Waals surface area contributed by atoms with Crippen molar-refractivity contribution in [2.75, 3.05) is 6.61 Å². The highest BCUT2D eigenvalue weighted by Gasteiger charge is 2.62. The minimum absolute atomic E-state index is 0.0509. The van der Waals surface area contributed by atoms with Crippen LogP contribution in [0.2, 0.25) is 0 Å². The topological polar surface area (TPSA) is 26.3 Å². The van der Waals surface area contributed by atoms with E-state index in [9.17, 15) is 4.79 Å². The van der Waals surface area contributed by atoms with Gasteiger partial charge in [-0.3, -0.25) is 4.79 Å². The second kappa shape index (κ2) is 2.11. The lowest BCUT2D eigenvalue weighted by molar-refractivity contribution is -0.201. The van der Waals surface area contributed by atoms with Gasteiger partial charge in [-0.15, -0.1) is 0 Å². The summed E-state index contributed by atoms with van der Waals surface area (Å²) in [5, 5.41) is 0. The summed E-state index contributed by atoms with van der Waals surface area (Å²) >= 11 is 0. The summed E-state index contributed by atoms with van der Waals surface area (Å²) in [4.78, 5) is 11.5. The Labute approximate surface area is 72.3 Å². The van der Waals surface area contributed by atoms with Gasteiger partial charge in [-0.25, -0.2) is 0 Å². The van der Waals surface area contributed by atoms with E-state index in [-0.39, 0.29) is 5.60 Å². The van der Waals surface area contributed by atoms with Crippen LogP contribution < -0.4 is 0 Å². The number of carbonyl (C=O) groups is 1. The molecular formula is C10H14O2. The predicted octanol–water partition coefficient (Wildman–Crippen LogP) is 1.53. The third-order valence-electron chi connectivity index (χ3n) is 4.03. The molecule has 66 valence electrons. The van der Waals surface area contributed by atoms with Gasteiger partial charge in [-0.1, -0.05) is 6.42 Å². The SMILES string of the molecule is O=C1CCO[C@@]23CCC[C@@H]2C[C@@H]13. The Balaban J connectivity index is 1.92. The van der Waals surface area contributed by atoms with E-state index < -0.39 is 0 Å². The molecule has 1 aliphatic heterocycles. The summed E-state index contributed by atoms with van der Waals surface area (Å²) in [6, 6.07) is 0. The molecule has 12 heavy (non-hydrogen) atoms. The van der Waals surface area contributed by atoms with Gasteiger partial charge in [-0.2, -0.15) is 0 Å². The largest absolute Gasteiger partial charge is 0.374 e. The summed E-state index contributed by atoms with van der Waals surface area (Å²) in [7, 11) is 0. The van der Waals surface area contributed by atoms with Crippen LogP contribution in [0.3, 0.4) is 0 Å². The molecule has 3 atom stereocenters. The molecule has 3 aliphatic rings. The first-order valence-corrected chi connectivity index (χ1v) is 4.99. The molecule has 3 rings (SSSR count). The van der Waals surface area contributed by atoms with Crippen molar-refractivity contribution in [2.24, 2.45) is 11.8 Å². The van der Waals surface area contributed by atoms with Crippen LogP contribution in [-0.2, 0) is 9.53 Å². The number of ketones is 1. The number of rotatable bonds is 0. The van der Waals surface area contributed by atoms with Crippen LogP contribution in [0.5, 0.6) is 0 Å². The van der Waals surface area contributed by atoms with E-state index >= 15 is 0 Å². The van der Waals surface area contributed by atoms with Crippen molar-refractivity contribution in [1.29, 1.82) is 0 Å². The molecule has 1 spiro atoms. The zero-order chi connectivity index (χ0) is 8.18. The van der Waals surface area contributed by atoms with Gasteiger partial charge in [0.1, 0.15) is 5.78 Å². The fourth-order valence-corrected chi connectivity index (χ4v) is 3.38. The van der Waals surface area contributed by atoms with E-state index in [1.807, 2.05) is 0 Å². The Kier molecular flexibility index (Phi) is 1.24. The van der Waals surface area contributed by atoms with Gasteiger partial charge in [0.15, 0.2) is 0 Å². The standard InChI is InChI=1S/C10H14O2/c11-9-3-5-12-10-4-1-2-7(10)6-8(9)10/h7-8H,1-6H2/t7-,8+,10+/m1/s1. The lowest BCUT2D eigenvalue weighted by atomic mass is 9.59. The first-order valence-electron chi connectivity index (χ1n) is 4.99. The number of hydrogen-bond acceptors (Lipinski definition) is 2. The van der Waals surface area contributed by atoms with Crippen molar-refractivity contribution in [3.8, 4) is 0 Å². The summed E-state index contributed by atoms with van der Waals surface area (Å²) in [5.41, 5.74) is 0.0509. The summed E-state index contributed by atoms with van der Waals surface area (Å²) < 4.78 is 5.84. The highest BCUT2D eigenvalue weighted by Crippen LogP contribution is 2.58. The van der Waals surface area contributed by atoms with Crippen LogP contribution in [-0.4, -0.2) is 18.0 Å². The van der Waals surface area contributed by atoms with Crippen molar-refractivity contribution in [1.82, 2.24) is 0 Å². The van der Waals surface area contributed by atoms with E-state index in [1.54, 1.807) is 0 Å². The maximum Gasteiger partial charge on any atom is 0.141 e. The Bertz CT molecular complexity index is 236. The molecule has 2 nitrogen and oxygen atoms in total. The van der Waals surface area contributed by atoms with Crippen molar-refractivity contribution in [2.45, 2.75) is 37.7 Å². The van der Waals surface area contributed by atoms with Crippen LogP contribution in [0.25, 0.3) is 0 Å². The summed E-state index contributed by atoms with van der Waals surface area (Å²) in [6.07, 6.45) is 5.50. The molecule has 1 saturated heterocycles. The van der Waals surface area contributed by atoms with Gasteiger partial charge < -0.3 is 4.74 Å². The molecule has 0 aromatic rings. The van der Waals surface area contributed by atoms with Gasteiger partial charge >= 0.3 is 0 Å². The fraction of sp³-hybridized carbons (Fsp3) is 0.900. The van der Waals surface area contributed by atoms with E-state index in [0.29, 0.717) is 24.7 Å². The van der Waals surface area contributed by atoms with Gasteiger partial charge in [0, 0.05) is 12.3 Å². The van der Waals surface area contributed by atoms with Crippen LogP contribution in [0, 0.1) is 11.8 Å². The molecule has 3 fully saturated rings. The highest BCUT2D eigenvalue weighted by atomic mass is 16.5. The first kappa shape index (κ1) is 7.07. The van der Waals surface area contributed by atoms with Gasteiger partial charge in [0.25, 0.3) is 0 Å². The quantitative estimate of drug-likeness (QED) is 0.545. The maximum absolute atomic E-state index is 11.5. The van der Waals surface area contributed by atoms with E-state index in [2.05, 4.69) is 0 Å². The molecule has 0 amide bonds. The monoisotopic (exact) mass is 166 g/mol. The van der Waals surface area contributed by atoms with E-state index in [1.165, 1.54) is 12.8 Å². The molecule has 2 heteroatoms. The molecule has 2 saturated carbocycles. The average Bonchev–Trinajstić information content (AvgIpc) is 2.33. The smallest absolute Gasteiger partial charge is 0.141 e. The van der Waals surface area contributed by atoms with Crippen molar-refractivity contribution >= 4 is 5.78 Å². The zero-order valence-corrected chi connectivity index (χ0v) is 7.21. The number of hydrogen-bond donors (Lipinski definition) is 0. The molecule has 0 aromatic heterocycles. The summed E-state index contributed by atoms with van der Waals surface area (Å²) in [6.45, 7) is 0.686. The first-order chi connectivity index (χ1) is 5.83. The minimum Gasteiger partial charge on any atom is -0.374 e. The third kappa shape index (κ3) is 0.634. The molecule has 0 N–H and O–H groups in total. The Hall–Kier alpha value is -0.370. The minimum atomic E-state index is 0.0509. The molecule has 0 radical (unpaired) electrons. The molecular weight excluding hydrogens is 152 g/mol. The van der Waals surface area contributed by atoms with Crippen molar-refractivity contribution < 1.29 is 9.53 Å². The van der Waals surface area contributed by atoms with Gasteiger partial charge in [0.2, 0.25) is 0 Å². The molecule has 2 aliphatic carbocycles. The zero-order valence-electron chi connectivity index (χ0n) is 7.21. The molecule has 0 aromatic carbocycles. The Morgan fingerprint density at radius 1 is 1.50 bits per heavy atom. The van der Waals surface area contributed by atoms with E-state index in [4.69, 9.17) is 4.74 Å². The van der Waals surface area contributed by atoms with Crippen LogP contribution in [0.15, 0.2) is 0 Å². The maximum atomic E-state index is 11.5. The fourth-order valence-electron chi connectivity index (χ4n) is 3.38. The van der Waals surface area contributed by atoms with Crippen molar-refractivity contribution in [3.05, 3.63) is 0 Å². The molecule has 0 bridgehead atoms. The Morgan fingerprint density at radius 3 is 3.25 bits per heavy atom. The average molecular weight is 166 g/mol. The van der Waals surface area contributed by atoms with Crippen LogP contribution in [0.4, 0.5) is 0 Å². The van der Waals surface area contributed by atoms with Crippen molar-refractivity contribution in [3.63, 3.8) is 0 Å². The van der Waals surface area contributed by atoms with Crippen LogP contribution >= 0.6 is 0 Å². The van der Waals surface area contributed by atoms with Crippen LogP contribution in [0.1, 0.15) is 32.1 Å². The second-order valence-electron chi connectivity index (χ2n) is 4.40. The normalized spacial score (nSPS) is 51.2. The predicted molar refractivity (Wildman–Crippen MR) is 43.8 cm³/mol. The van der Waals surface area contributed by atoms with Gasteiger partial charge in [0.05, 0.1) is 12.2 Å².